The highest BCUT2D eigenvalue weighted by Crippen LogP contribution is 2.32. The number of nitrogens with one attached hydrogen (secondary N) is 1. The van der Waals surface area contributed by atoms with E-state index in [0.717, 1.165) is 10.4 Å². The third-order valence-electron chi connectivity index (χ3n) is 2.60. The predicted molar refractivity (Wildman–Crippen MR) is 75.3 cm³/mol. The SMILES string of the molecule is CCC(=O)Nc1ccc(-c2cccs2)cc1[N+](=O)[O-]. The van der Waals surface area contributed by atoms with E-state index in [4.69, 9.17) is 0 Å². The quantitative estimate of drug-likeness (QED) is 0.684. The predicted octanol–water partition coefficient (Wildman–Crippen LogP) is 3.67. The normalized spacial score (nSPS) is 10.2. The molecule has 1 aromatic carbocycles. The van der Waals surface area contributed by atoms with Gasteiger partial charge in [0, 0.05) is 17.4 Å². The summed E-state index contributed by atoms with van der Waals surface area (Å²) in [6.45, 7) is 1.70. The Kier molecular flexibility index (Phi) is 3.91. The lowest BCUT2D eigenvalue weighted by molar-refractivity contribution is -0.383. The van der Waals surface area contributed by atoms with Gasteiger partial charge in [-0.2, -0.15) is 0 Å². The van der Waals surface area contributed by atoms with Gasteiger partial charge in [-0.15, -0.1) is 11.3 Å². The minimum atomic E-state index is -0.484. The Morgan fingerprint density at radius 1 is 1.42 bits per heavy atom. The fourth-order valence-corrected chi connectivity index (χ4v) is 2.35. The van der Waals surface area contributed by atoms with E-state index in [2.05, 4.69) is 5.32 Å². The van der Waals surface area contributed by atoms with Gasteiger partial charge in [-0.05, 0) is 23.1 Å². The molecule has 0 spiro atoms. The lowest BCUT2D eigenvalue weighted by Gasteiger charge is -2.06. The molecule has 6 heteroatoms. The number of hydrogen-bond acceptors (Lipinski definition) is 4. The lowest BCUT2D eigenvalue weighted by Crippen LogP contribution is -2.11. The number of thiophene rings is 1. The number of carbonyl (C=O) groups excluding carboxylic acids is 1. The molecule has 19 heavy (non-hydrogen) atoms. The molecule has 1 amide bonds. The van der Waals surface area contributed by atoms with Crippen molar-refractivity contribution in [1.82, 2.24) is 0 Å². The summed E-state index contributed by atoms with van der Waals surface area (Å²) in [5, 5.41) is 15.5. The van der Waals surface area contributed by atoms with Crippen molar-refractivity contribution < 1.29 is 9.72 Å². The first-order valence-electron chi connectivity index (χ1n) is 5.74. The molecular formula is C13H12N2O3S. The number of rotatable bonds is 4. The largest absolute Gasteiger partial charge is 0.320 e. The van der Waals surface area contributed by atoms with Gasteiger partial charge in [0.25, 0.3) is 5.69 Å². The molecule has 0 aliphatic heterocycles. The summed E-state index contributed by atoms with van der Waals surface area (Å²) in [4.78, 5) is 22.9. The smallest absolute Gasteiger partial charge is 0.293 e. The molecular weight excluding hydrogens is 264 g/mol. The molecule has 0 aliphatic rings. The molecule has 0 unspecified atom stereocenters. The van der Waals surface area contributed by atoms with Gasteiger partial charge in [0.15, 0.2) is 0 Å². The maximum Gasteiger partial charge on any atom is 0.293 e. The summed E-state index contributed by atoms with van der Waals surface area (Å²) in [5.74, 6) is -0.244. The zero-order valence-electron chi connectivity index (χ0n) is 10.3. The van der Waals surface area contributed by atoms with Crippen LogP contribution in [-0.2, 0) is 4.79 Å². The van der Waals surface area contributed by atoms with Crippen molar-refractivity contribution in [1.29, 1.82) is 0 Å². The van der Waals surface area contributed by atoms with Crippen molar-refractivity contribution in [3.63, 3.8) is 0 Å². The van der Waals surface area contributed by atoms with E-state index < -0.39 is 4.92 Å². The van der Waals surface area contributed by atoms with Crippen LogP contribution in [0.4, 0.5) is 11.4 Å². The number of nitro groups is 1. The van der Waals surface area contributed by atoms with Gasteiger partial charge < -0.3 is 5.32 Å². The van der Waals surface area contributed by atoms with Gasteiger partial charge in [-0.3, -0.25) is 14.9 Å². The van der Waals surface area contributed by atoms with Gasteiger partial charge in [-0.25, -0.2) is 0 Å². The van der Waals surface area contributed by atoms with Gasteiger partial charge in [0.05, 0.1) is 4.92 Å². The van der Waals surface area contributed by atoms with E-state index in [1.807, 2.05) is 17.5 Å². The van der Waals surface area contributed by atoms with Crippen LogP contribution in [0.25, 0.3) is 10.4 Å². The zero-order chi connectivity index (χ0) is 13.8. The number of nitrogens with zero attached hydrogens (tertiary/aromatic N) is 1. The standard InChI is InChI=1S/C13H12N2O3S/c1-2-13(16)14-10-6-5-9(8-11(10)15(17)18)12-4-3-7-19-12/h3-8H,2H2,1H3,(H,14,16). The van der Waals surface area contributed by atoms with E-state index in [1.54, 1.807) is 19.1 Å². The average Bonchev–Trinajstić information content (AvgIpc) is 2.92. The van der Waals surface area contributed by atoms with Gasteiger partial charge in [0.1, 0.15) is 5.69 Å². The Labute approximate surface area is 114 Å². The van der Waals surface area contributed by atoms with Crippen molar-refractivity contribution >= 4 is 28.6 Å². The average molecular weight is 276 g/mol. The molecule has 0 atom stereocenters. The first-order valence-corrected chi connectivity index (χ1v) is 6.62. The summed E-state index contributed by atoms with van der Waals surface area (Å²) >= 11 is 1.51. The van der Waals surface area contributed by atoms with E-state index >= 15 is 0 Å². The fourth-order valence-electron chi connectivity index (χ4n) is 1.62. The minimum absolute atomic E-state index is 0.0901. The van der Waals surface area contributed by atoms with Crippen LogP contribution in [0, 0.1) is 10.1 Å². The molecule has 0 bridgehead atoms. The summed E-state index contributed by atoms with van der Waals surface area (Å²) in [6, 6.07) is 8.61. The number of hydrogen-bond donors (Lipinski definition) is 1. The highest BCUT2D eigenvalue weighted by atomic mass is 32.1. The van der Waals surface area contributed by atoms with Crippen LogP contribution in [0.2, 0.25) is 0 Å². The molecule has 0 saturated carbocycles. The number of anilines is 1. The molecule has 2 rings (SSSR count). The summed E-state index contributed by atoms with van der Waals surface area (Å²) in [5.41, 5.74) is 0.918. The van der Waals surface area contributed by atoms with Gasteiger partial charge in [-0.1, -0.05) is 19.1 Å². The van der Waals surface area contributed by atoms with Crippen LogP contribution in [0.3, 0.4) is 0 Å². The Morgan fingerprint density at radius 2 is 2.21 bits per heavy atom. The third kappa shape index (κ3) is 2.97. The Hall–Kier alpha value is -2.21. The molecule has 0 aliphatic carbocycles. The molecule has 0 saturated heterocycles. The second-order valence-corrected chi connectivity index (χ2v) is 4.82. The maximum absolute atomic E-state index is 11.3. The van der Waals surface area contributed by atoms with E-state index in [9.17, 15) is 14.9 Å². The third-order valence-corrected chi connectivity index (χ3v) is 3.51. The highest BCUT2D eigenvalue weighted by Gasteiger charge is 2.16. The molecule has 1 aromatic heterocycles. The van der Waals surface area contributed by atoms with Crippen molar-refractivity contribution in [3.05, 3.63) is 45.8 Å². The van der Waals surface area contributed by atoms with E-state index in [-0.39, 0.29) is 23.7 Å². The van der Waals surface area contributed by atoms with Crippen LogP contribution in [0.1, 0.15) is 13.3 Å². The number of amides is 1. The molecule has 98 valence electrons. The van der Waals surface area contributed by atoms with Crippen LogP contribution < -0.4 is 5.32 Å². The van der Waals surface area contributed by atoms with Crippen molar-refractivity contribution in [2.45, 2.75) is 13.3 Å². The molecule has 2 aromatic rings. The highest BCUT2D eigenvalue weighted by molar-refractivity contribution is 7.13. The summed E-state index contributed by atoms with van der Waals surface area (Å²) < 4.78 is 0. The molecule has 0 fully saturated rings. The molecule has 1 heterocycles. The molecule has 0 radical (unpaired) electrons. The molecule has 1 N–H and O–H groups in total. The topological polar surface area (TPSA) is 72.2 Å². The fraction of sp³-hybridized carbons (Fsp3) is 0.154. The minimum Gasteiger partial charge on any atom is -0.320 e. The van der Waals surface area contributed by atoms with Crippen molar-refractivity contribution in [3.8, 4) is 10.4 Å². The number of carbonyl (C=O) groups is 1. The van der Waals surface area contributed by atoms with Crippen LogP contribution in [0.5, 0.6) is 0 Å². The van der Waals surface area contributed by atoms with Crippen molar-refractivity contribution in [2.24, 2.45) is 0 Å². The monoisotopic (exact) mass is 276 g/mol. The van der Waals surface area contributed by atoms with Gasteiger partial charge >= 0.3 is 0 Å². The van der Waals surface area contributed by atoms with Gasteiger partial charge in [0.2, 0.25) is 5.91 Å². The Morgan fingerprint density at radius 3 is 2.79 bits per heavy atom. The van der Waals surface area contributed by atoms with E-state index in [1.165, 1.54) is 17.4 Å². The van der Waals surface area contributed by atoms with E-state index in [0.29, 0.717) is 0 Å². The van der Waals surface area contributed by atoms with Crippen LogP contribution in [0.15, 0.2) is 35.7 Å². The van der Waals surface area contributed by atoms with Crippen LogP contribution >= 0.6 is 11.3 Å². The lowest BCUT2D eigenvalue weighted by atomic mass is 10.1. The zero-order valence-corrected chi connectivity index (χ0v) is 11.1. The summed E-state index contributed by atoms with van der Waals surface area (Å²) in [6.07, 6.45) is 0.282. The maximum atomic E-state index is 11.3. The number of benzene rings is 1. The first-order chi connectivity index (χ1) is 9.11. The second kappa shape index (κ2) is 5.62. The number of nitro benzene ring substituents is 1. The molecule has 5 nitrogen and oxygen atoms in total. The summed E-state index contributed by atoms with van der Waals surface area (Å²) in [7, 11) is 0. The van der Waals surface area contributed by atoms with Crippen LogP contribution in [-0.4, -0.2) is 10.8 Å². The Bertz CT molecular complexity index is 608. The first kappa shape index (κ1) is 13.2. The second-order valence-electron chi connectivity index (χ2n) is 3.87. The Balaban J connectivity index is 2.41. The van der Waals surface area contributed by atoms with Crippen molar-refractivity contribution in [2.75, 3.05) is 5.32 Å².